The van der Waals surface area contributed by atoms with E-state index in [-0.39, 0.29) is 0 Å². The van der Waals surface area contributed by atoms with Crippen LogP contribution in [-0.2, 0) is 6.54 Å². The number of benzene rings is 1. The van der Waals surface area contributed by atoms with Crippen LogP contribution in [0.15, 0.2) is 36.5 Å². The lowest BCUT2D eigenvalue weighted by Gasteiger charge is -2.06. The van der Waals surface area contributed by atoms with Crippen molar-refractivity contribution >= 4 is 0 Å². The Morgan fingerprint density at radius 2 is 2.22 bits per heavy atom. The van der Waals surface area contributed by atoms with Gasteiger partial charge in [0.2, 0.25) is 0 Å². The smallest absolute Gasteiger partial charge is 0.0659 e. The van der Waals surface area contributed by atoms with E-state index in [0.717, 1.165) is 24.7 Å². The molecule has 2 aromatic rings. The van der Waals surface area contributed by atoms with Crippen molar-refractivity contribution in [2.24, 2.45) is 0 Å². The molecule has 1 saturated carbocycles. The normalized spacial score (nSPS) is 14.9. The lowest BCUT2D eigenvalue weighted by molar-refractivity contribution is 0.725. The number of hydrogen-bond donors (Lipinski definition) is 1. The van der Waals surface area contributed by atoms with Crippen LogP contribution in [0.25, 0.3) is 5.69 Å². The molecule has 0 unspecified atom stereocenters. The maximum Gasteiger partial charge on any atom is 0.0659 e. The second-order valence-electron chi connectivity index (χ2n) is 4.91. The Morgan fingerprint density at radius 3 is 3.00 bits per heavy atom. The van der Waals surface area contributed by atoms with Gasteiger partial charge in [-0.3, -0.25) is 0 Å². The van der Waals surface area contributed by atoms with E-state index in [1.807, 2.05) is 4.68 Å². The summed E-state index contributed by atoms with van der Waals surface area (Å²) in [5, 5.41) is 8.01. The van der Waals surface area contributed by atoms with Gasteiger partial charge in [0.1, 0.15) is 0 Å². The van der Waals surface area contributed by atoms with Crippen molar-refractivity contribution in [3.05, 3.63) is 47.8 Å². The van der Waals surface area contributed by atoms with Crippen LogP contribution in [0.2, 0.25) is 0 Å². The van der Waals surface area contributed by atoms with Crippen LogP contribution in [0, 0.1) is 0 Å². The molecule has 1 aromatic heterocycles. The fourth-order valence-corrected chi connectivity index (χ4v) is 2.16. The van der Waals surface area contributed by atoms with E-state index in [0.29, 0.717) is 0 Å². The van der Waals surface area contributed by atoms with Gasteiger partial charge in [0, 0.05) is 18.7 Å². The Hall–Kier alpha value is -1.61. The Labute approximate surface area is 108 Å². The van der Waals surface area contributed by atoms with E-state index < -0.39 is 0 Å². The molecule has 18 heavy (non-hydrogen) atoms. The van der Waals surface area contributed by atoms with Gasteiger partial charge in [-0.1, -0.05) is 19.1 Å². The fraction of sp³-hybridized carbons (Fsp3) is 0.400. The van der Waals surface area contributed by atoms with Gasteiger partial charge in [-0.25, -0.2) is 4.68 Å². The van der Waals surface area contributed by atoms with Crippen LogP contribution in [0.4, 0.5) is 0 Å². The number of aromatic nitrogens is 2. The molecular formula is C15H19N3. The highest BCUT2D eigenvalue weighted by Gasteiger charge is 2.25. The first-order valence-electron chi connectivity index (χ1n) is 6.72. The number of nitrogens with one attached hydrogen (secondary N) is 1. The average molecular weight is 241 g/mol. The zero-order chi connectivity index (χ0) is 12.4. The van der Waals surface area contributed by atoms with Crippen LogP contribution in [0.3, 0.4) is 0 Å². The van der Waals surface area contributed by atoms with Crippen molar-refractivity contribution < 1.29 is 0 Å². The lowest BCUT2D eigenvalue weighted by Crippen LogP contribution is -2.11. The summed E-state index contributed by atoms with van der Waals surface area (Å²) < 4.78 is 1.99. The molecule has 0 bridgehead atoms. The van der Waals surface area contributed by atoms with Gasteiger partial charge < -0.3 is 5.32 Å². The minimum absolute atomic E-state index is 0.719. The van der Waals surface area contributed by atoms with Crippen LogP contribution in [0.1, 0.15) is 36.9 Å². The molecule has 1 aromatic carbocycles. The second-order valence-corrected chi connectivity index (χ2v) is 4.91. The van der Waals surface area contributed by atoms with E-state index in [4.69, 9.17) is 0 Å². The van der Waals surface area contributed by atoms with Gasteiger partial charge in [0.05, 0.1) is 11.4 Å². The van der Waals surface area contributed by atoms with Crippen molar-refractivity contribution in [2.45, 2.75) is 32.2 Å². The molecular weight excluding hydrogens is 222 g/mol. The molecule has 1 aliphatic rings. The van der Waals surface area contributed by atoms with Gasteiger partial charge in [0.25, 0.3) is 0 Å². The first kappa shape index (κ1) is 11.5. The highest BCUT2D eigenvalue weighted by molar-refractivity contribution is 5.35. The van der Waals surface area contributed by atoms with Crippen LogP contribution < -0.4 is 5.32 Å². The standard InChI is InChI=1S/C15H19N3/c1-2-16-11-12-4-3-5-14(10-12)18-9-8-15(17-18)13-6-7-13/h3-5,8-10,13,16H,2,6-7,11H2,1H3. The van der Waals surface area contributed by atoms with E-state index >= 15 is 0 Å². The molecule has 1 N–H and O–H groups in total. The maximum absolute atomic E-state index is 4.66. The number of hydrogen-bond acceptors (Lipinski definition) is 2. The van der Waals surface area contributed by atoms with Crippen LogP contribution in [-0.4, -0.2) is 16.3 Å². The molecule has 0 aliphatic heterocycles. The van der Waals surface area contributed by atoms with E-state index in [1.54, 1.807) is 0 Å². The number of rotatable bonds is 5. The summed E-state index contributed by atoms with van der Waals surface area (Å²) in [6.45, 7) is 4.04. The highest BCUT2D eigenvalue weighted by atomic mass is 15.3. The monoisotopic (exact) mass is 241 g/mol. The molecule has 0 amide bonds. The Morgan fingerprint density at radius 1 is 1.33 bits per heavy atom. The molecule has 3 rings (SSSR count). The van der Waals surface area contributed by atoms with Gasteiger partial charge in [-0.2, -0.15) is 5.10 Å². The molecule has 1 fully saturated rings. The minimum Gasteiger partial charge on any atom is -0.313 e. The third kappa shape index (κ3) is 2.46. The average Bonchev–Trinajstić information content (AvgIpc) is 3.14. The first-order chi connectivity index (χ1) is 8.86. The van der Waals surface area contributed by atoms with Crippen molar-refractivity contribution in [3.8, 4) is 5.69 Å². The summed E-state index contributed by atoms with van der Waals surface area (Å²) in [6, 6.07) is 10.7. The molecule has 0 saturated heterocycles. The van der Waals surface area contributed by atoms with Gasteiger partial charge >= 0.3 is 0 Å². The molecule has 94 valence electrons. The van der Waals surface area contributed by atoms with E-state index in [2.05, 4.69) is 53.9 Å². The second kappa shape index (κ2) is 4.94. The fourth-order valence-electron chi connectivity index (χ4n) is 2.16. The predicted octanol–water partition coefficient (Wildman–Crippen LogP) is 2.86. The minimum atomic E-state index is 0.719. The third-order valence-corrected chi connectivity index (χ3v) is 3.36. The lowest BCUT2D eigenvalue weighted by atomic mass is 10.2. The maximum atomic E-state index is 4.66. The molecule has 0 radical (unpaired) electrons. The molecule has 0 atom stereocenters. The summed E-state index contributed by atoms with van der Waals surface area (Å²) in [4.78, 5) is 0. The van der Waals surface area contributed by atoms with Gasteiger partial charge in [-0.05, 0) is 43.1 Å². The summed E-state index contributed by atoms with van der Waals surface area (Å²) in [5.74, 6) is 0.719. The van der Waals surface area contributed by atoms with E-state index in [1.165, 1.54) is 24.1 Å². The molecule has 3 heteroatoms. The molecule has 1 heterocycles. The molecule has 3 nitrogen and oxygen atoms in total. The van der Waals surface area contributed by atoms with Gasteiger partial charge in [0.15, 0.2) is 0 Å². The zero-order valence-electron chi connectivity index (χ0n) is 10.8. The van der Waals surface area contributed by atoms with Crippen molar-refractivity contribution in [2.75, 3.05) is 6.54 Å². The highest BCUT2D eigenvalue weighted by Crippen LogP contribution is 2.39. The largest absolute Gasteiger partial charge is 0.313 e. The van der Waals surface area contributed by atoms with Gasteiger partial charge in [-0.15, -0.1) is 0 Å². The zero-order valence-corrected chi connectivity index (χ0v) is 10.8. The molecule has 0 spiro atoms. The topological polar surface area (TPSA) is 29.9 Å². The predicted molar refractivity (Wildman–Crippen MR) is 72.9 cm³/mol. The first-order valence-corrected chi connectivity index (χ1v) is 6.72. The summed E-state index contributed by atoms with van der Waals surface area (Å²) in [5.41, 5.74) is 3.70. The Kier molecular flexibility index (Phi) is 3.15. The van der Waals surface area contributed by atoms with E-state index in [9.17, 15) is 0 Å². The van der Waals surface area contributed by atoms with Crippen molar-refractivity contribution in [1.29, 1.82) is 0 Å². The molecule has 1 aliphatic carbocycles. The van der Waals surface area contributed by atoms with Crippen molar-refractivity contribution in [1.82, 2.24) is 15.1 Å². The SMILES string of the molecule is CCNCc1cccc(-n2ccc(C3CC3)n2)c1. The third-order valence-electron chi connectivity index (χ3n) is 3.36. The van der Waals surface area contributed by atoms with Crippen molar-refractivity contribution in [3.63, 3.8) is 0 Å². The van der Waals surface area contributed by atoms with Crippen LogP contribution >= 0.6 is 0 Å². The Bertz CT molecular complexity index is 526. The van der Waals surface area contributed by atoms with Crippen LogP contribution in [0.5, 0.6) is 0 Å². The number of nitrogens with zero attached hydrogens (tertiary/aromatic N) is 2. The summed E-state index contributed by atoms with van der Waals surface area (Å²) >= 11 is 0. The Balaban J connectivity index is 1.81. The summed E-state index contributed by atoms with van der Waals surface area (Å²) in [7, 11) is 0. The summed E-state index contributed by atoms with van der Waals surface area (Å²) in [6.07, 6.45) is 4.68. The quantitative estimate of drug-likeness (QED) is 0.872.